The first-order valence-corrected chi connectivity index (χ1v) is 9.61. The molecular formula is C17H17INO5P. The molecule has 0 radical (unpaired) electrons. The summed E-state index contributed by atoms with van der Waals surface area (Å²) < 4.78 is 20.8. The molecule has 25 heavy (non-hydrogen) atoms. The van der Waals surface area contributed by atoms with E-state index in [-0.39, 0.29) is 17.1 Å². The van der Waals surface area contributed by atoms with Gasteiger partial charge in [-0.15, -0.1) is 0 Å². The van der Waals surface area contributed by atoms with Crippen LogP contribution < -0.4 is 9.42 Å². The summed E-state index contributed by atoms with van der Waals surface area (Å²) in [4.78, 5) is 23.8. The molecule has 0 spiro atoms. The smallest absolute Gasteiger partial charge is 0.403 e. The van der Waals surface area contributed by atoms with Gasteiger partial charge < -0.3 is 9.42 Å². The number of allylic oxidation sites excluding steroid dienone is 1. The Morgan fingerprint density at radius 2 is 1.80 bits per heavy atom. The van der Waals surface area contributed by atoms with Crippen LogP contribution in [-0.2, 0) is 7.42 Å². The molecule has 0 saturated heterocycles. The molecule has 0 bridgehead atoms. The lowest BCUT2D eigenvalue weighted by Crippen LogP contribution is -2.07. The van der Waals surface area contributed by atoms with Crippen molar-refractivity contribution in [3.8, 4) is 5.75 Å². The normalized spacial score (nSPS) is 13.4. The van der Waals surface area contributed by atoms with Gasteiger partial charge >= 0.3 is 7.82 Å². The van der Waals surface area contributed by atoms with Crippen molar-refractivity contribution >= 4 is 48.4 Å². The van der Waals surface area contributed by atoms with E-state index in [1.54, 1.807) is 18.2 Å². The predicted octanol–water partition coefficient (Wildman–Crippen LogP) is 4.49. The highest BCUT2D eigenvalue weighted by atomic mass is 127. The van der Waals surface area contributed by atoms with Gasteiger partial charge in [0.05, 0.1) is 5.56 Å². The molecule has 2 aromatic rings. The summed E-state index contributed by atoms with van der Waals surface area (Å²) in [5, 5.41) is 0. The van der Waals surface area contributed by atoms with Gasteiger partial charge in [0.2, 0.25) is 0 Å². The van der Waals surface area contributed by atoms with Crippen LogP contribution in [0.15, 0.2) is 54.6 Å². The Bertz CT molecular complexity index is 820. The highest BCUT2D eigenvalue weighted by molar-refractivity contribution is 14.1. The maximum absolute atomic E-state index is 12.4. The molecule has 1 unspecified atom stereocenters. The number of rotatable bonds is 7. The number of nitrogens with zero attached hydrogens (tertiary/aromatic N) is 1. The quantitative estimate of drug-likeness (QED) is 0.277. The topological polar surface area (TPSA) is 76.1 Å². The molecule has 0 aliphatic carbocycles. The van der Waals surface area contributed by atoms with Crippen molar-refractivity contribution in [3.05, 3.63) is 65.7 Å². The lowest BCUT2D eigenvalue weighted by molar-refractivity contribution is 0.104. The van der Waals surface area contributed by atoms with Crippen molar-refractivity contribution in [1.82, 2.24) is 0 Å². The second kappa shape index (κ2) is 8.62. The molecule has 2 aromatic carbocycles. The van der Waals surface area contributed by atoms with Gasteiger partial charge in [-0.3, -0.25) is 9.69 Å². The Morgan fingerprint density at radius 1 is 1.16 bits per heavy atom. The zero-order valence-electron chi connectivity index (χ0n) is 13.6. The summed E-state index contributed by atoms with van der Waals surface area (Å²) in [6, 6.07) is 13.9. The maximum atomic E-state index is 12.4. The first kappa shape index (κ1) is 19.7. The second-order valence-electron chi connectivity index (χ2n) is 5.31. The van der Waals surface area contributed by atoms with Crippen LogP contribution in [0.1, 0.15) is 15.9 Å². The summed E-state index contributed by atoms with van der Waals surface area (Å²) in [5.41, 5.74) is 2.09. The van der Waals surface area contributed by atoms with E-state index in [0.29, 0.717) is 0 Å². The minimum absolute atomic E-state index is 0.0115. The van der Waals surface area contributed by atoms with E-state index in [0.717, 1.165) is 11.3 Å². The Morgan fingerprint density at radius 3 is 2.40 bits per heavy atom. The number of phosphoric acid groups is 1. The Balaban J connectivity index is 2.19. The molecule has 0 fully saturated rings. The molecule has 0 aliphatic heterocycles. The molecule has 132 valence electrons. The van der Waals surface area contributed by atoms with Crippen molar-refractivity contribution in [2.75, 3.05) is 19.0 Å². The van der Waals surface area contributed by atoms with Gasteiger partial charge in [0.15, 0.2) is 5.78 Å². The number of phosphoric ester groups is 1. The molecule has 1 N–H and O–H groups in total. The number of carbonyl (C=O) groups excluding carboxylic acids is 1. The van der Waals surface area contributed by atoms with Crippen LogP contribution in [0.2, 0.25) is 0 Å². The lowest BCUT2D eigenvalue weighted by atomic mass is 10.1. The van der Waals surface area contributed by atoms with Gasteiger partial charge in [-0.2, -0.15) is 0 Å². The summed E-state index contributed by atoms with van der Waals surface area (Å²) in [6.07, 6.45) is 3.06. The number of hydrogen-bond acceptors (Lipinski definition) is 5. The first-order valence-electron chi connectivity index (χ1n) is 7.24. The largest absolute Gasteiger partial charge is 0.537 e. The van der Waals surface area contributed by atoms with Gasteiger partial charge in [0.1, 0.15) is 28.8 Å². The summed E-state index contributed by atoms with van der Waals surface area (Å²) in [5.74, 6) is -0.358. The molecule has 2 rings (SSSR count). The zero-order chi connectivity index (χ0) is 18.4. The van der Waals surface area contributed by atoms with E-state index < -0.39 is 7.82 Å². The van der Waals surface area contributed by atoms with Gasteiger partial charge in [0.25, 0.3) is 0 Å². The fraction of sp³-hybridized carbons (Fsp3) is 0.118. The minimum Gasteiger partial charge on any atom is -0.403 e. The number of benzene rings is 2. The van der Waals surface area contributed by atoms with Crippen LogP contribution >= 0.6 is 30.8 Å². The van der Waals surface area contributed by atoms with Crippen LogP contribution in [0.4, 0.5) is 5.69 Å². The van der Waals surface area contributed by atoms with E-state index in [1.807, 2.05) is 43.3 Å². The van der Waals surface area contributed by atoms with Gasteiger partial charge in [-0.25, -0.2) is 7.42 Å². The average molecular weight is 473 g/mol. The standard InChI is InChI=1S/C17H17INO5P/c1-19(2)14-10-7-13(8-11-14)9-12-16(20)15-5-3-4-6-17(15)23-25(21,22)24-18/h3-12H,1-2H3,(H,21,22)/b12-9+. The highest BCUT2D eigenvalue weighted by Crippen LogP contribution is 2.46. The average Bonchev–Trinajstić information content (AvgIpc) is 2.60. The molecule has 0 heterocycles. The molecule has 1 atom stereocenters. The van der Waals surface area contributed by atoms with E-state index in [2.05, 4.69) is 2.85 Å². The van der Waals surface area contributed by atoms with E-state index >= 15 is 0 Å². The second-order valence-corrected chi connectivity index (χ2v) is 7.75. The van der Waals surface area contributed by atoms with Gasteiger partial charge in [0, 0.05) is 19.8 Å². The highest BCUT2D eigenvalue weighted by Gasteiger charge is 2.24. The van der Waals surface area contributed by atoms with Crippen LogP contribution in [0.25, 0.3) is 6.08 Å². The number of hydrogen-bond donors (Lipinski definition) is 1. The Hall–Kier alpha value is -1.67. The first-order chi connectivity index (χ1) is 11.8. The van der Waals surface area contributed by atoms with Crippen molar-refractivity contribution in [3.63, 3.8) is 0 Å². The van der Waals surface area contributed by atoms with E-state index in [9.17, 15) is 14.3 Å². The third-order valence-electron chi connectivity index (χ3n) is 3.29. The van der Waals surface area contributed by atoms with Crippen LogP contribution in [0, 0.1) is 0 Å². The number of carbonyl (C=O) groups is 1. The maximum Gasteiger partial charge on any atom is 0.537 e. The van der Waals surface area contributed by atoms with Crippen LogP contribution in [-0.4, -0.2) is 24.8 Å². The van der Waals surface area contributed by atoms with Crippen LogP contribution in [0.3, 0.4) is 0 Å². The number of para-hydroxylation sites is 1. The molecule has 0 saturated carbocycles. The zero-order valence-corrected chi connectivity index (χ0v) is 16.7. The van der Waals surface area contributed by atoms with Crippen LogP contribution in [0.5, 0.6) is 5.75 Å². The Labute approximate surface area is 160 Å². The molecular weight excluding hydrogens is 456 g/mol. The molecule has 0 amide bonds. The third-order valence-corrected chi connectivity index (χ3v) is 5.39. The van der Waals surface area contributed by atoms with E-state index in [4.69, 9.17) is 4.52 Å². The summed E-state index contributed by atoms with van der Waals surface area (Å²) >= 11 is 1.28. The van der Waals surface area contributed by atoms with Crippen molar-refractivity contribution in [2.45, 2.75) is 0 Å². The van der Waals surface area contributed by atoms with Crippen molar-refractivity contribution in [1.29, 1.82) is 0 Å². The van der Waals surface area contributed by atoms with E-state index in [1.165, 1.54) is 41.2 Å². The SMILES string of the molecule is CN(C)c1ccc(/C=C/C(=O)c2ccccc2OP(=O)(O)OI)cc1. The fourth-order valence-electron chi connectivity index (χ4n) is 2.03. The minimum atomic E-state index is -4.25. The third kappa shape index (κ3) is 5.67. The molecule has 6 nitrogen and oxygen atoms in total. The number of halogens is 1. The fourth-order valence-corrected chi connectivity index (χ4v) is 2.71. The lowest BCUT2D eigenvalue weighted by Gasteiger charge is -2.12. The Kier molecular flexibility index (Phi) is 6.78. The summed E-state index contributed by atoms with van der Waals surface area (Å²) in [6.45, 7) is 0. The van der Waals surface area contributed by atoms with Crippen molar-refractivity contribution < 1.29 is 21.6 Å². The monoisotopic (exact) mass is 473 g/mol. The van der Waals surface area contributed by atoms with Gasteiger partial charge in [-0.1, -0.05) is 30.3 Å². The van der Waals surface area contributed by atoms with Crippen molar-refractivity contribution in [2.24, 2.45) is 0 Å². The molecule has 0 aliphatic rings. The number of anilines is 1. The summed E-state index contributed by atoms with van der Waals surface area (Å²) in [7, 11) is -0.350. The van der Waals surface area contributed by atoms with Gasteiger partial charge in [-0.05, 0) is 35.9 Å². The molecule has 8 heteroatoms. The molecule has 0 aromatic heterocycles. The predicted molar refractivity (Wildman–Crippen MR) is 106 cm³/mol. The number of ketones is 1.